The molecule has 0 aliphatic carbocycles. The first-order valence-electron chi connectivity index (χ1n) is 8.15. The average molecular weight is 407 g/mol. The van der Waals surface area contributed by atoms with Crippen molar-refractivity contribution in [3.63, 3.8) is 0 Å². The molecule has 1 aliphatic rings. The van der Waals surface area contributed by atoms with E-state index in [9.17, 15) is 19.7 Å². The fourth-order valence-corrected chi connectivity index (χ4v) is 2.74. The Hall–Kier alpha value is -3.33. The quantitative estimate of drug-likeness (QED) is 0.445. The van der Waals surface area contributed by atoms with Gasteiger partial charge in [0.2, 0.25) is 6.79 Å². The molecule has 0 fully saturated rings. The Morgan fingerprint density at radius 1 is 1.25 bits per heavy atom. The monoisotopic (exact) mass is 406 g/mol. The first-order chi connectivity index (χ1) is 13.3. The third kappa shape index (κ3) is 4.32. The van der Waals surface area contributed by atoms with E-state index in [4.69, 9.17) is 25.8 Å². The fourth-order valence-electron chi connectivity index (χ4n) is 2.54. The minimum atomic E-state index is -0.931. The Balaban J connectivity index is 1.57. The maximum absolute atomic E-state index is 12.1. The van der Waals surface area contributed by atoms with Crippen LogP contribution in [0.4, 0.5) is 5.69 Å². The highest BCUT2D eigenvalue weighted by atomic mass is 35.5. The number of carbonyl (C=O) groups is 2. The molecule has 1 N–H and O–H groups in total. The number of halogens is 1. The van der Waals surface area contributed by atoms with E-state index in [-0.39, 0.29) is 29.1 Å². The van der Waals surface area contributed by atoms with Crippen LogP contribution < -0.4 is 14.8 Å². The van der Waals surface area contributed by atoms with Crippen LogP contribution in [0.1, 0.15) is 28.9 Å². The molecule has 0 saturated heterocycles. The van der Waals surface area contributed by atoms with Gasteiger partial charge < -0.3 is 19.5 Å². The lowest BCUT2D eigenvalue weighted by molar-refractivity contribution is -0.384. The summed E-state index contributed by atoms with van der Waals surface area (Å²) < 4.78 is 15.4. The summed E-state index contributed by atoms with van der Waals surface area (Å²) in [5.41, 5.74) is 0.287. The third-order valence-electron chi connectivity index (χ3n) is 3.99. The number of fused-ring (bicyclic) bond motifs is 1. The van der Waals surface area contributed by atoms with Crippen molar-refractivity contribution >= 4 is 29.2 Å². The number of esters is 1. The molecule has 2 aromatic carbocycles. The minimum Gasteiger partial charge on any atom is -0.454 e. The van der Waals surface area contributed by atoms with Gasteiger partial charge in [-0.05, 0) is 30.7 Å². The Labute approximate surface area is 164 Å². The van der Waals surface area contributed by atoms with Gasteiger partial charge in [-0.3, -0.25) is 14.9 Å². The molecule has 0 saturated carbocycles. The van der Waals surface area contributed by atoms with Gasteiger partial charge in [0, 0.05) is 12.1 Å². The Morgan fingerprint density at radius 3 is 2.75 bits per heavy atom. The molecule has 1 aliphatic heterocycles. The van der Waals surface area contributed by atoms with Crippen molar-refractivity contribution in [3.05, 3.63) is 62.7 Å². The summed E-state index contributed by atoms with van der Waals surface area (Å²) in [6, 6.07) is 8.29. The van der Waals surface area contributed by atoms with Gasteiger partial charge in [-0.15, -0.1) is 0 Å². The first kappa shape index (κ1) is 19.4. The summed E-state index contributed by atoms with van der Waals surface area (Å²) in [4.78, 5) is 34.3. The van der Waals surface area contributed by atoms with Crippen LogP contribution in [0.2, 0.25) is 5.02 Å². The average Bonchev–Trinajstić information content (AvgIpc) is 3.14. The van der Waals surface area contributed by atoms with Crippen molar-refractivity contribution in [1.29, 1.82) is 0 Å². The normalized spacial score (nSPS) is 12.9. The van der Waals surface area contributed by atoms with Gasteiger partial charge in [0.25, 0.3) is 11.6 Å². The molecule has 1 heterocycles. The van der Waals surface area contributed by atoms with Gasteiger partial charge in [-0.25, -0.2) is 4.79 Å². The van der Waals surface area contributed by atoms with Crippen molar-refractivity contribution in [2.45, 2.75) is 13.0 Å². The molecule has 0 aromatic heterocycles. The van der Waals surface area contributed by atoms with Crippen LogP contribution in [0, 0.1) is 10.1 Å². The Bertz CT molecular complexity index is 948. The third-order valence-corrected chi connectivity index (χ3v) is 4.32. The second-order valence-electron chi connectivity index (χ2n) is 5.90. The minimum absolute atomic E-state index is 0.00950. The van der Waals surface area contributed by atoms with Gasteiger partial charge >= 0.3 is 5.97 Å². The molecular weight excluding hydrogens is 392 g/mol. The number of nitro groups is 1. The molecule has 0 unspecified atom stereocenters. The highest BCUT2D eigenvalue weighted by molar-refractivity contribution is 6.33. The lowest BCUT2D eigenvalue weighted by Gasteiger charge is -2.15. The molecule has 28 heavy (non-hydrogen) atoms. The van der Waals surface area contributed by atoms with Crippen molar-refractivity contribution in [2.75, 3.05) is 13.4 Å². The molecule has 9 nitrogen and oxygen atoms in total. The molecule has 0 bridgehead atoms. The van der Waals surface area contributed by atoms with Gasteiger partial charge in [-0.1, -0.05) is 17.7 Å². The van der Waals surface area contributed by atoms with Gasteiger partial charge in [0.15, 0.2) is 18.1 Å². The lowest BCUT2D eigenvalue weighted by Crippen LogP contribution is -2.31. The number of ether oxygens (including phenoxy) is 3. The summed E-state index contributed by atoms with van der Waals surface area (Å²) in [5.74, 6) is -0.255. The molecule has 1 amide bonds. The number of rotatable bonds is 6. The summed E-state index contributed by atoms with van der Waals surface area (Å²) in [6.45, 7) is 1.34. The summed E-state index contributed by atoms with van der Waals surface area (Å²) in [5, 5.41) is 13.5. The Morgan fingerprint density at radius 2 is 2.00 bits per heavy atom. The summed E-state index contributed by atoms with van der Waals surface area (Å²) in [7, 11) is 0. The number of hydrogen-bond donors (Lipinski definition) is 1. The zero-order valence-electron chi connectivity index (χ0n) is 14.6. The Kier molecular flexibility index (Phi) is 5.65. The van der Waals surface area contributed by atoms with E-state index >= 15 is 0 Å². The maximum atomic E-state index is 12.1. The van der Waals surface area contributed by atoms with E-state index in [0.717, 1.165) is 11.6 Å². The highest BCUT2D eigenvalue weighted by Gasteiger charge is 2.20. The second-order valence-corrected chi connectivity index (χ2v) is 6.31. The van der Waals surface area contributed by atoms with Crippen molar-refractivity contribution in [2.24, 2.45) is 0 Å². The zero-order valence-corrected chi connectivity index (χ0v) is 15.4. The van der Waals surface area contributed by atoms with E-state index in [0.29, 0.717) is 11.5 Å². The number of benzene rings is 2. The van der Waals surface area contributed by atoms with Crippen molar-refractivity contribution in [1.82, 2.24) is 5.32 Å². The van der Waals surface area contributed by atoms with Crippen molar-refractivity contribution in [3.8, 4) is 11.5 Å². The van der Waals surface area contributed by atoms with E-state index in [1.54, 1.807) is 25.1 Å². The van der Waals surface area contributed by atoms with Crippen LogP contribution >= 0.6 is 11.6 Å². The smallest absolute Gasteiger partial charge is 0.340 e. The number of carbonyl (C=O) groups excluding carboxylic acids is 2. The van der Waals surface area contributed by atoms with Crippen LogP contribution in [0.5, 0.6) is 11.5 Å². The van der Waals surface area contributed by atoms with Gasteiger partial charge in [-0.2, -0.15) is 0 Å². The standard InChI is InChI=1S/C18H15ClN2O7/c1-10(11-2-5-15-16(6-11)28-9-27-15)20-17(22)8-26-18(23)13-7-12(21(24)25)3-4-14(13)19/h2-7,10H,8-9H2,1H3,(H,20,22)/t10-/m0/s1. The largest absolute Gasteiger partial charge is 0.454 e. The zero-order chi connectivity index (χ0) is 20.3. The number of nitro benzene ring substituents is 1. The predicted molar refractivity (Wildman–Crippen MR) is 97.5 cm³/mol. The predicted octanol–water partition coefficient (Wildman–Crippen LogP) is 3.01. The molecule has 146 valence electrons. The fraction of sp³-hybridized carbons (Fsp3) is 0.222. The molecule has 2 aromatic rings. The van der Waals surface area contributed by atoms with E-state index < -0.39 is 23.4 Å². The maximum Gasteiger partial charge on any atom is 0.340 e. The molecular formula is C18H15ClN2O7. The van der Waals surface area contributed by atoms with Crippen molar-refractivity contribution < 1.29 is 28.7 Å². The number of hydrogen-bond acceptors (Lipinski definition) is 7. The highest BCUT2D eigenvalue weighted by Crippen LogP contribution is 2.34. The molecule has 0 spiro atoms. The van der Waals surface area contributed by atoms with Crippen LogP contribution in [0.25, 0.3) is 0 Å². The first-order valence-corrected chi connectivity index (χ1v) is 8.53. The van der Waals surface area contributed by atoms with Gasteiger partial charge in [0.05, 0.1) is 21.6 Å². The van der Waals surface area contributed by atoms with Crippen LogP contribution in [0.3, 0.4) is 0 Å². The van der Waals surface area contributed by atoms with Crippen LogP contribution in [0.15, 0.2) is 36.4 Å². The van der Waals surface area contributed by atoms with Gasteiger partial charge in [0.1, 0.15) is 0 Å². The number of amides is 1. The second kappa shape index (κ2) is 8.13. The molecule has 1 atom stereocenters. The van der Waals surface area contributed by atoms with E-state index in [2.05, 4.69) is 5.32 Å². The summed E-state index contributed by atoms with van der Waals surface area (Å²) >= 11 is 5.88. The molecule has 0 radical (unpaired) electrons. The van der Waals surface area contributed by atoms with Crippen LogP contribution in [-0.4, -0.2) is 30.2 Å². The lowest BCUT2D eigenvalue weighted by atomic mass is 10.1. The number of nitrogens with zero attached hydrogens (tertiary/aromatic N) is 1. The summed E-state index contributed by atoms with van der Waals surface area (Å²) in [6.07, 6.45) is 0. The number of non-ortho nitro benzene ring substituents is 1. The topological polar surface area (TPSA) is 117 Å². The molecule has 3 rings (SSSR count). The molecule has 10 heteroatoms. The number of nitrogens with one attached hydrogen (secondary N) is 1. The SMILES string of the molecule is C[C@H](NC(=O)COC(=O)c1cc([N+](=O)[O-])ccc1Cl)c1ccc2c(c1)OCO2. The van der Waals surface area contributed by atoms with E-state index in [1.807, 2.05) is 0 Å². The van der Waals surface area contributed by atoms with Crippen LogP contribution in [-0.2, 0) is 9.53 Å². The van der Waals surface area contributed by atoms with E-state index in [1.165, 1.54) is 12.1 Å².